The van der Waals surface area contributed by atoms with Crippen molar-refractivity contribution in [2.75, 3.05) is 0 Å². The maximum absolute atomic E-state index is 12.9. The standard InChI is InChI=1S/C11H8F3N3O3S/c12-11(13,14)7-5-6(1-3-9(7)21(15,19)20)8-2-4-10(18)17-16-8/h1-5H,(H,17,18)(H2,15,19,20). The number of aromatic amines is 1. The second-order valence-electron chi connectivity index (χ2n) is 4.06. The number of sulfonamides is 1. The molecule has 21 heavy (non-hydrogen) atoms. The van der Waals surface area contributed by atoms with Crippen molar-refractivity contribution in [3.05, 3.63) is 46.2 Å². The molecule has 0 unspecified atom stereocenters. The number of hydrogen-bond acceptors (Lipinski definition) is 4. The SMILES string of the molecule is NS(=O)(=O)c1ccc(-c2ccc(=O)[nH]n2)cc1C(F)(F)F. The van der Waals surface area contributed by atoms with E-state index in [1.165, 1.54) is 6.07 Å². The minimum Gasteiger partial charge on any atom is -0.268 e. The largest absolute Gasteiger partial charge is 0.417 e. The van der Waals surface area contributed by atoms with Gasteiger partial charge in [-0.05, 0) is 18.2 Å². The van der Waals surface area contributed by atoms with Gasteiger partial charge in [-0.1, -0.05) is 6.07 Å². The third kappa shape index (κ3) is 3.28. The first-order valence-corrected chi connectivity index (χ1v) is 6.94. The van der Waals surface area contributed by atoms with Crippen molar-refractivity contribution < 1.29 is 21.6 Å². The van der Waals surface area contributed by atoms with E-state index in [9.17, 15) is 26.4 Å². The Hall–Kier alpha value is -2.20. The number of primary sulfonamides is 1. The zero-order chi connectivity index (χ0) is 15.8. The second kappa shape index (κ2) is 4.97. The first-order valence-electron chi connectivity index (χ1n) is 5.39. The van der Waals surface area contributed by atoms with Crippen molar-refractivity contribution in [1.29, 1.82) is 0 Å². The highest BCUT2D eigenvalue weighted by Crippen LogP contribution is 2.36. The number of H-pyrrole nitrogens is 1. The van der Waals surface area contributed by atoms with Gasteiger partial charge in [-0.25, -0.2) is 18.7 Å². The van der Waals surface area contributed by atoms with Gasteiger partial charge < -0.3 is 0 Å². The highest BCUT2D eigenvalue weighted by atomic mass is 32.2. The van der Waals surface area contributed by atoms with E-state index in [4.69, 9.17) is 5.14 Å². The fourth-order valence-corrected chi connectivity index (χ4v) is 2.40. The third-order valence-electron chi connectivity index (χ3n) is 2.57. The van der Waals surface area contributed by atoms with Crippen LogP contribution in [-0.4, -0.2) is 18.6 Å². The molecule has 1 aromatic carbocycles. The van der Waals surface area contributed by atoms with Crippen molar-refractivity contribution in [3.8, 4) is 11.3 Å². The van der Waals surface area contributed by atoms with E-state index in [0.29, 0.717) is 6.07 Å². The molecule has 0 amide bonds. The first kappa shape index (κ1) is 15.2. The molecule has 0 aliphatic carbocycles. The molecule has 6 nitrogen and oxygen atoms in total. The number of nitrogens with one attached hydrogen (secondary N) is 1. The highest BCUT2D eigenvalue weighted by Gasteiger charge is 2.36. The molecule has 0 radical (unpaired) electrons. The summed E-state index contributed by atoms with van der Waals surface area (Å²) in [6, 6.07) is 4.78. The molecule has 0 aliphatic heterocycles. The minimum atomic E-state index is -4.90. The van der Waals surface area contributed by atoms with Crippen LogP contribution >= 0.6 is 0 Å². The van der Waals surface area contributed by atoms with Crippen LogP contribution in [0.15, 0.2) is 40.0 Å². The zero-order valence-corrected chi connectivity index (χ0v) is 11.0. The average Bonchev–Trinajstić information content (AvgIpc) is 2.37. The Bertz CT molecular complexity index is 823. The molecule has 0 saturated carbocycles. The van der Waals surface area contributed by atoms with E-state index in [2.05, 4.69) is 10.2 Å². The van der Waals surface area contributed by atoms with E-state index >= 15 is 0 Å². The van der Waals surface area contributed by atoms with E-state index in [1.807, 2.05) is 0 Å². The van der Waals surface area contributed by atoms with Crippen LogP contribution in [0, 0.1) is 0 Å². The Morgan fingerprint density at radius 1 is 1.14 bits per heavy atom. The maximum atomic E-state index is 12.9. The molecule has 10 heteroatoms. The van der Waals surface area contributed by atoms with Crippen LogP contribution < -0.4 is 10.7 Å². The summed E-state index contributed by atoms with van der Waals surface area (Å²) in [5.41, 5.74) is -1.86. The number of alkyl halides is 3. The molecule has 0 saturated heterocycles. The Morgan fingerprint density at radius 2 is 1.81 bits per heavy atom. The van der Waals surface area contributed by atoms with Crippen molar-refractivity contribution in [1.82, 2.24) is 10.2 Å². The molecule has 0 atom stereocenters. The third-order valence-corrected chi connectivity index (χ3v) is 3.54. The lowest BCUT2D eigenvalue weighted by Crippen LogP contribution is -2.19. The van der Waals surface area contributed by atoms with Crippen molar-refractivity contribution in [2.24, 2.45) is 5.14 Å². The molecular weight excluding hydrogens is 311 g/mol. The topological polar surface area (TPSA) is 106 Å². The number of hydrogen-bond donors (Lipinski definition) is 2. The lowest BCUT2D eigenvalue weighted by atomic mass is 10.1. The summed E-state index contributed by atoms with van der Waals surface area (Å²) < 4.78 is 61.2. The zero-order valence-electron chi connectivity index (χ0n) is 10.2. The number of benzene rings is 1. The van der Waals surface area contributed by atoms with Crippen LogP contribution in [0.3, 0.4) is 0 Å². The Morgan fingerprint density at radius 3 is 2.29 bits per heavy atom. The summed E-state index contributed by atoms with van der Waals surface area (Å²) in [4.78, 5) is 9.85. The average molecular weight is 319 g/mol. The number of rotatable bonds is 2. The number of nitrogens with two attached hydrogens (primary N) is 1. The van der Waals surface area contributed by atoms with Gasteiger partial charge in [-0.2, -0.15) is 18.3 Å². The van der Waals surface area contributed by atoms with Crippen LogP contribution in [0.4, 0.5) is 13.2 Å². The van der Waals surface area contributed by atoms with E-state index in [1.54, 1.807) is 0 Å². The van der Waals surface area contributed by atoms with Gasteiger partial charge in [0.15, 0.2) is 0 Å². The van der Waals surface area contributed by atoms with E-state index in [-0.39, 0.29) is 11.3 Å². The van der Waals surface area contributed by atoms with Gasteiger partial charge in [0.1, 0.15) is 0 Å². The molecule has 112 valence electrons. The molecule has 1 aromatic heterocycles. The summed E-state index contributed by atoms with van der Waals surface area (Å²) in [5, 5.41) is 10.4. The molecule has 0 spiro atoms. The first-order chi connectivity index (χ1) is 9.59. The Labute approximate surface area is 116 Å². The predicted octanol–water partition coefficient (Wildman–Crippen LogP) is 1.10. The quantitative estimate of drug-likeness (QED) is 0.864. The Kier molecular flexibility index (Phi) is 3.59. The van der Waals surface area contributed by atoms with Crippen molar-refractivity contribution >= 4 is 10.0 Å². The predicted molar refractivity (Wildman–Crippen MR) is 66.7 cm³/mol. The molecule has 2 aromatic rings. The molecule has 2 rings (SSSR count). The van der Waals surface area contributed by atoms with E-state index < -0.39 is 32.2 Å². The smallest absolute Gasteiger partial charge is 0.268 e. The van der Waals surface area contributed by atoms with Crippen LogP contribution in [0.25, 0.3) is 11.3 Å². The van der Waals surface area contributed by atoms with Crippen LogP contribution in [0.2, 0.25) is 0 Å². The molecule has 0 aliphatic rings. The van der Waals surface area contributed by atoms with Crippen molar-refractivity contribution in [3.63, 3.8) is 0 Å². The van der Waals surface area contributed by atoms with Gasteiger partial charge in [0.05, 0.1) is 16.2 Å². The van der Waals surface area contributed by atoms with Gasteiger partial charge in [0.2, 0.25) is 10.0 Å². The van der Waals surface area contributed by atoms with Gasteiger partial charge in [0.25, 0.3) is 5.56 Å². The van der Waals surface area contributed by atoms with Crippen LogP contribution in [-0.2, 0) is 16.2 Å². The molecule has 0 fully saturated rings. The van der Waals surface area contributed by atoms with Crippen molar-refractivity contribution in [2.45, 2.75) is 11.1 Å². The number of halogens is 3. The number of nitrogens with zero attached hydrogens (tertiary/aromatic N) is 1. The monoisotopic (exact) mass is 319 g/mol. The van der Waals surface area contributed by atoms with Gasteiger partial charge >= 0.3 is 6.18 Å². The summed E-state index contributed by atoms with van der Waals surface area (Å²) in [5.74, 6) is 0. The minimum absolute atomic E-state index is 0.00836. The van der Waals surface area contributed by atoms with Crippen LogP contribution in [0.1, 0.15) is 5.56 Å². The fraction of sp³-hybridized carbons (Fsp3) is 0.0909. The highest BCUT2D eigenvalue weighted by molar-refractivity contribution is 7.89. The Balaban J connectivity index is 2.68. The summed E-state index contributed by atoms with van der Waals surface area (Å²) in [6.45, 7) is 0. The van der Waals surface area contributed by atoms with Gasteiger partial charge in [0, 0.05) is 11.6 Å². The summed E-state index contributed by atoms with van der Waals surface area (Å²) >= 11 is 0. The maximum Gasteiger partial charge on any atom is 0.417 e. The van der Waals surface area contributed by atoms with Crippen LogP contribution in [0.5, 0.6) is 0 Å². The fourth-order valence-electron chi connectivity index (χ4n) is 1.66. The molecule has 0 bridgehead atoms. The second-order valence-corrected chi connectivity index (χ2v) is 5.59. The molecule has 3 N–H and O–H groups in total. The molecular formula is C11H8F3N3O3S. The summed E-state index contributed by atoms with van der Waals surface area (Å²) in [7, 11) is -4.52. The van der Waals surface area contributed by atoms with Gasteiger partial charge in [-0.15, -0.1) is 0 Å². The number of aromatic nitrogens is 2. The van der Waals surface area contributed by atoms with Gasteiger partial charge in [-0.3, -0.25) is 4.79 Å². The molecule has 1 heterocycles. The van der Waals surface area contributed by atoms with E-state index in [0.717, 1.165) is 18.2 Å². The lowest BCUT2D eigenvalue weighted by Gasteiger charge is -2.12. The lowest BCUT2D eigenvalue weighted by molar-refractivity contribution is -0.139. The normalized spacial score (nSPS) is 12.4. The summed E-state index contributed by atoms with van der Waals surface area (Å²) in [6.07, 6.45) is -4.90.